The van der Waals surface area contributed by atoms with Crippen molar-refractivity contribution in [3.05, 3.63) is 59.2 Å². The average molecular weight is 582 g/mol. The normalized spacial score (nSPS) is 23.0. The number of ether oxygens (including phenoxy) is 1. The van der Waals surface area contributed by atoms with E-state index >= 15 is 0 Å². The van der Waals surface area contributed by atoms with Crippen molar-refractivity contribution < 1.29 is 32.3 Å². The highest BCUT2D eigenvalue weighted by Crippen LogP contribution is 2.30. The summed E-state index contributed by atoms with van der Waals surface area (Å²) in [6.07, 6.45) is 1.43. The predicted molar refractivity (Wildman–Crippen MR) is 145 cm³/mol. The molecule has 0 radical (unpaired) electrons. The molecule has 6 rings (SSSR count). The maximum atomic E-state index is 13.1. The van der Waals surface area contributed by atoms with Crippen molar-refractivity contribution in [2.75, 3.05) is 26.2 Å². The first-order chi connectivity index (χ1) is 19.6. The molecule has 3 saturated heterocycles. The molecule has 0 saturated carbocycles. The van der Waals surface area contributed by atoms with E-state index < -0.39 is 39.7 Å². The summed E-state index contributed by atoms with van der Waals surface area (Å²) in [7, 11) is -3.56. The van der Waals surface area contributed by atoms with Gasteiger partial charge in [-0.3, -0.25) is 34.3 Å². The zero-order chi connectivity index (χ0) is 28.9. The van der Waals surface area contributed by atoms with E-state index in [0.717, 1.165) is 10.5 Å². The van der Waals surface area contributed by atoms with E-state index in [-0.39, 0.29) is 41.0 Å². The van der Waals surface area contributed by atoms with Crippen LogP contribution in [0.4, 0.5) is 0 Å². The second-order valence-electron chi connectivity index (χ2n) is 11.0. The number of piperidine rings is 2. The maximum Gasteiger partial charge on any atom is 0.262 e. The summed E-state index contributed by atoms with van der Waals surface area (Å²) in [4.78, 5) is 53.0. The van der Waals surface area contributed by atoms with Crippen LogP contribution in [0.15, 0.2) is 47.4 Å². The van der Waals surface area contributed by atoms with E-state index in [0.29, 0.717) is 51.3 Å². The number of amides is 4. The van der Waals surface area contributed by atoms with Crippen molar-refractivity contribution >= 4 is 33.7 Å². The number of carbonyl (C=O) groups excluding carboxylic acids is 4. The van der Waals surface area contributed by atoms with Crippen LogP contribution in [0.1, 0.15) is 52.0 Å². The molecule has 0 spiro atoms. The number of hydrogen-bond donors (Lipinski definition) is 2. The Balaban J connectivity index is 1.03. The molecule has 41 heavy (non-hydrogen) atoms. The summed E-state index contributed by atoms with van der Waals surface area (Å²) in [6, 6.07) is 10.6. The van der Waals surface area contributed by atoms with Crippen LogP contribution in [0.5, 0.6) is 5.75 Å². The molecule has 3 fully saturated rings. The van der Waals surface area contributed by atoms with Crippen molar-refractivity contribution in [3.8, 4) is 5.75 Å². The topological polar surface area (TPSA) is 159 Å². The standard InChI is InChI=1S/C28H31N5O7S/c29-18-9-11-32(12-10-18)41(38,39)21-4-2-19(3-5-21)40-20-15-31(16-20)14-17-1-6-22-23(13-17)28(37)33(27(22)36)24-7-8-25(34)30-26(24)35/h1-6,13,18,20,24H,7-12,14-16,29H2,(H,30,34,35). The molecule has 1 unspecified atom stereocenters. The van der Waals surface area contributed by atoms with Crippen LogP contribution in [-0.2, 0) is 26.2 Å². The molecular weight excluding hydrogens is 550 g/mol. The lowest BCUT2D eigenvalue weighted by Gasteiger charge is -2.39. The summed E-state index contributed by atoms with van der Waals surface area (Å²) in [5.41, 5.74) is 7.26. The number of likely N-dealkylation sites (tertiary alicyclic amines) is 1. The summed E-state index contributed by atoms with van der Waals surface area (Å²) in [5, 5.41) is 2.20. The van der Waals surface area contributed by atoms with Gasteiger partial charge in [0.15, 0.2) is 0 Å². The number of fused-ring (bicyclic) bond motifs is 1. The first kappa shape index (κ1) is 27.5. The molecule has 4 heterocycles. The van der Waals surface area contributed by atoms with Gasteiger partial charge in [-0.1, -0.05) is 6.07 Å². The average Bonchev–Trinajstić information content (AvgIpc) is 3.17. The Kier molecular flexibility index (Phi) is 7.14. The Morgan fingerprint density at radius 2 is 1.59 bits per heavy atom. The predicted octanol–water partition coefficient (Wildman–Crippen LogP) is 0.463. The van der Waals surface area contributed by atoms with Gasteiger partial charge in [0, 0.05) is 45.2 Å². The fraction of sp³-hybridized carbons (Fsp3) is 0.429. The van der Waals surface area contributed by atoms with Gasteiger partial charge in [0.25, 0.3) is 11.8 Å². The molecule has 12 nitrogen and oxygen atoms in total. The van der Waals surface area contributed by atoms with Gasteiger partial charge in [0.2, 0.25) is 21.8 Å². The summed E-state index contributed by atoms with van der Waals surface area (Å²) in [6.45, 7) is 2.67. The van der Waals surface area contributed by atoms with Crippen LogP contribution in [-0.4, -0.2) is 90.5 Å². The Morgan fingerprint density at radius 1 is 0.902 bits per heavy atom. The second kappa shape index (κ2) is 10.6. The third-order valence-electron chi connectivity index (χ3n) is 8.10. The zero-order valence-electron chi connectivity index (χ0n) is 22.3. The maximum absolute atomic E-state index is 13.1. The number of carbonyl (C=O) groups is 4. The zero-order valence-corrected chi connectivity index (χ0v) is 23.1. The Morgan fingerprint density at radius 3 is 2.27 bits per heavy atom. The van der Waals surface area contributed by atoms with Gasteiger partial charge in [-0.25, -0.2) is 8.42 Å². The quantitative estimate of drug-likeness (QED) is 0.443. The van der Waals surface area contributed by atoms with Gasteiger partial charge in [-0.2, -0.15) is 4.31 Å². The van der Waals surface area contributed by atoms with Crippen LogP contribution >= 0.6 is 0 Å². The molecule has 13 heteroatoms. The third kappa shape index (κ3) is 5.25. The van der Waals surface area contributed by atoms with E-state index in [1.165, 1.54) is 4.31 Å². The SMILES string of the molecule is NC1CCN(S(=O)(=O)c2ccc(OC3CN(Cc4ccc5c(c4)C(=O)N(C4CCC(=O)NC4=O)C5=O)C3)cc2)CC1. The molecule has 216 valence electrons. The number of hydrogen-bond acceptors (Lipinski definition) is 9. The number of nitrogens with one attached hydrogen (secondary N) is 1. The highest BCUT2D eigenvalue weighted by atomic mass is 32.2. The minimum atomic E-state index is -3.56. The Labute approximate surface area is 237 Å². The molecule has 2 aromatic rings. The summed E-state index contributed by atoms with van der Waals surface area (Å²) in [5.74, 6) is -1.51. The van der Waals surface area contributed by atoms with Crippen LogP contribution in [0.2, 0.25) is 0 Å². The van der Waals surface area contributed by atoms with Crippen molar-refractivity contribution in [2.24, 2.45) is 5.73 Å². The van der Waals surface area contributed by atoms with Gasteiger partial charge in [0.05, 0.1) is 16.0 Å². The van der Waals surface area contributed by atoms with Crippen LogP contribution in [0.3, 0.4) is 0 Å². The molecule has 0 aromatic heterocycles. The second-order valence-corrected chi connectivity index (χ2v) is 12.9. The van der Waals surface area contributed by atoms with Gasteiger partial charge in [-0.05, 0) is 61.2 Å². The van der Waals surface area contributed by atoms with Gasteiger partial charge in [-0.15, -0.1) is 0 Å². The van der Waals surface area contributed by atoms with Crippen LogP contribution < -0.4 is 15.8 Å². The fourth-order valence-electron chi connectivity index (χ4n) is 5.75. The first-order valence-corrected chi connectivity index (χ1v) is 15.1. The summed E-state index contributed by atoms with van der Waals surface area (Å²) < 4.78 is 33.3. The number of imide groups is 2. The lowest BCUT2D eigenvalue weighted by atomic mass is 10.0. The summed E-state index contributed by atoms with van der Waals surface area (Å²) >= 11 is 0. The minimum absolute atomic E-state index is 0.0454. The molecule has 0 bridgehead atoms. The number of nitrogens with two attached hydrogens (primary N) is 1. The third-order valence-corrected chi connectivity index (χ3v) is 10.0. The largest absolute Gasteiger partial charge is 0.488 e. The Bertz CT molecular complexity index is 1510. The Hall–Kier alpha value is -3.65. The van der Waals surface area contributed by atoms with E-state index in [4.69, 9.17) is 10.5 Å². The lowest BCUT2D eigenvalue weighted by Crippen LogP contribution is -2.54. The van der Waals surface area contributed by atoms with Crippen molar-refractivity contribution in [3.63, 3.8) is 0 Å². The van der Waals surface area contributed by atoms with E-state index in [9.17, 15) is 27.6 Å². The fourth-order valence-corrected chi connectivity index (χ4v) is 7.22. The van der Waals surface area contributed by atoms with Crippen molar-refractivity contribution in [2.45, 2.75) is 55.3 Å². The molecule has 4 aliphatic rings. The minimum Gasteiger partial charge on any atom is -0.488 e. The van der Waals surface area contributed by atoms with Crippen LogP contribution in [0, 0.1) is 0 Å². The number of nitrogens with zero attached hydrogens (tertiary/aromatic N) is 3. The highest BCUT2D eigenvalue weighted by Gasteiger charge is 2.44. The van der Waals surface area contributed by atoms with Crippen LogP contribution in [0.25, 0.3) is 0 Å². The molecule has 4 amide bonds. The molecule has 4 aliphatic heterocycles. The highest BCUT2D eigenvalue weighted by molar-refractivity contribution is 7.89. The molecule has 2 aromatic carbocycles. The smallest absolute Gasteiger partial charge is 0.262 e. The number of rotatable bonds is 7. The van der Waals surface area contributed by atoms with Gasteiger partial charge < -0.3 is 10.5 Å². The van der Waals surface area contributed by atoms with E-state index in [2.05, 4.69) is 10.2 Å². The van der Waals surface area contributed by atoms with E-state index in [1.807, 2.05) is 0 Å². The van der Waals surface area contributed by atoms with Crippen molar-refractivity contribution in [1.29, 1.82) is 0 Å². The van der Waals surface area contributed by atoms with Crippen molar-refractivity contribution in [1.82, 2.24) is 19.4 Å². The monoisotopic (exact) mass is 581 g/mol. The molecule has 0 aliphatic carbocycles. The van der Waals surface area contributed by atoms with Gasteiger partial charge in [0.1, 0.15) is 17.9 Å². The lowest BCUT2D eigenvalue weighted by molar-refractivity contribution is -0.136. The molecule has 3 N–H and O–H groups in total. The first-order valence-electron chi connectivity index (χ1n) is 13.7. The number of benzene rings is 2. The number of sulfonamides is 1. The molecular formula is C28H31N5O7S. The van der Waals surface area contributed by atoms with Gasteiger partial charge >= 0.3 is 0 Å². The van der Waals surface area contributed by atoms with E-state index in [1.54, 1.807) is 42.5 Å². The molecule has 1 atom stereocenters.